The quantitative estimate of drug-likeness (QED) is 0.848. The Hall–Kier alpha value is -0.940. The van der Waals surface area contributed by atoms with Crippen LogP contribution in [0.4, 0.5) is 0 Å². The van der Waals surface area contributed by atoms with E-state index in [2.05, 4.69) is 42.5 Å². The van der Waals surface area contributed by atoms with Crippen LogP contribution in [0.2, 0.25) is 0 Å². The van der Waals surface area contributed by atoms with E-state index in [4.69, 9.17) is 10.5 Å². The lowest BCUT2D eigenvalue weighted by molar-refractivity contribution is 0.00319. The molecule has 1 aromatic heterocycles. The fraction of sp³-hybridized carbons (Fsp3) is 0.833. The van der Waals surface area contributed by atoms with Gasteiger partial charge in [-0.1, -0.05) is 0 Å². The number of rotatable bonds is 2. The number of hydrogen-bond acceptors (Lipinski definition) is 4. The summed E-state index contributed by atoms with van der Waals surface area (Å²) in [5, 5.41) is 8.51. The summed E-state index contributed by atoms with van der Waals surface area (Å²) < 4.78 is 7.98. The van der Waals surface area contributed by atoms with Crippen molar-refractivity contribution in [1.82, 2.24) is 14.8 Å². The largest absolute Gasteiger partial charge is 0.367 e. The van der Waals surface area contributed by atoms with Crippen molar-refractivity contribution in [2.75, 3.05) is 6.61 Å². The molecule has 1 saturated heterocycles. The van der Waals surface area contributed by atoms with Gasteiger partial charge in [-0.05, 0) is 40.5 Å². The van der Waals surface area contributed by atoms with Crippen molar-refractivity contribution in [2.24, 2.45) is 5.73 Å². The minimum Gasteiger partial charge on any atom is -0.367 e. The maximum atomic E-state index is 5.86. The van der Waals surface area contributed by atoms with Crippen LogP contribution in [-0.4, -0.2) is 21.4 Å². The second-order valence-electron chi connectivity index (χ2n) is 5.83. The van der Waals surface area contributed by atoms with Gasteiger partial charge in [0.05, 0.1) is 6.54 Å². The van der Waals surface area contributed by atoms with Gasteiger partial charge in [0.2, 0.25) is 0 Å². The zero-order valence-corrected chi connectivity index (χ0v) is 11.2. The lowest BCUT2D eigenvalue weighted by Crippen LogP contribution is -2.34. The molecule has 2 rings (SSSR count). The highest BCUT2D eigenvalue weighted by Crippen LogP contribution is 2.36. The predicted octanol–water partition coefficient (Wildman–Crippen LogP) is 1.52. The van der Waals surface area contributed by atoms with Gasteiger partial charge in [-0.15, -0.1) is 10.2 Å². The molecule has 1 fully saturated rings. The Morgan fingerprint density at radius 3 is 2.59 bits per heavy atom. The first-order chi connectivity index (χ1) is 7.88. The zero-order chi connectivity index (χ0) is 12.7. The van der Waals surface area contributed by atoms with Crippen LogP contribution in [0.15, 0.2) is 0 Å². The predicted molar refractivity (Wildman–Crippen MR) is 65.4 cm³/mol. The van der Waals surface area contributed by atoms with E-state index in [1.807, 2.05) is 0 Å². The Morgan fingerprint density at radius 1 is 1.41 bits per heavy atom. The van der Waals surface area contributed by atoms with Crippen LogP contribution in [0.25, 0.3) is 0 Å². The first-order valence-electron chi connectivity index (χ1n) is 6.18. The highest BCUT2D eigenvalue weighted by molar-refractivity contribution is 5.10. The molecule has 1 aliphatic rings. The Labute approximate surface area is 102 Å². The summed E-state index contributed by atoms with van der Waals surface area (Å²) >= 11 is 0. The Kier molecular flexibility index (Phi) is 2.99. The molecule has 17 heavy (non-hydrogen) atoms. The Balaban J connectivity index is 2.51. The lowest BCUT2D eigenvalue weighted by Gasteiger charge is -2.30. The second-order valence-corrected chi connectivity index (χ2v) is 5.83. The molecule has 5 nitrogen and oxygen atoms in total. The summed E-state index contributed by atoms with van der Waals surface area (Å²) in [4.78, 5) is 0. The van der Waals surface area contributed by atoms with Gasteiger partial charge in [0.1, 0.15) is 11.4 Å². The van der Waals surface area contributed by atoms with Gasteiger partial charge in [0, 0.05) is 12.1 Å². The molecule has 0 aromatic carbocycles. The molecule has 1 aliphatic heterocycles. The van der Waals surface area contributed by atoms with E-state index in [1.165, 1.54) is 0 Å². The van der Waals surface area contributed by atoms with Crippen LogP contribution in [0.1, 0.15) is 52.2 Å². The summed E-state index contributed by atoms with van der Waals surface area (Å²) in [6.07, 6.45) is 2.07. The molecule has 1 atom stereocenters. The molecule has 0 bridgehead atoms. The molecule has 2 heterocycles. The van der Waals surface area contributed by atoms with E-state index in [0.717, 1.165) is 31.1 Å². The van der Waals surface area contributed by atoms with Gasteiger partial charge in [0.25, 0.3) is 0 Å². The Bertz CT molecular complexity index is 399. The molecule has 0 amide bonds. The molecular weight excluding hydrogens is 216 g/mol. The number of aromatic nitrogens is 3. The normalized spacial score (nSPS) is 25.5. The topological polar surface area (TPSA) is 66.0 Å². The van der Waals surface area contributed by atoms with Gasteiger partial charge in [-0.25, -0.2) is 0 Å². The van der Waals surface area contributed by atoms with Crippen molar-refractivity contribution in [3.8, 4) is 0 Å². The standard InChI is InChI=1S/C12H22N4O/c1-11(2,3)16-9(8-13)14-15-10(16)12(4)6-5-7-17-12/h5-8,13H2,1-4H3. The molecule has 5 heteroatoms. The van der Waals surface area contributed by atoms with Crippen molar-refractivity contribution < 1.29 is 4.74 Å². The van der Waals surface area contributed by atoms with E-state index >= 15 is 0 Å². The fourth-order valence-electron chi connectivity index (χ4n) is 2.45. The van der Waals surface area contributed by atoms with Crippen LogP contribution >= 0.6 is 0 Å². The maximum absolute atomic E-state index is 5.86. The van der Waals surface area contributed by atoms with E-state index < -0.39 is 0 Å². The van der Waals surface area contributed by atoms with Gasteiger partial charge >= 0.3 is 0 Å². The third-order valence-corrected chi connectivity index (χ3v) is 3.28. The van der Waals surface area contributed by atoms with Crippen LogP contribution in [-0.2, 0) is 22.4 Å². The number of nitrogens with zero attached hydrogens (tertiary/aromatic N) is 3. The van der Waals surface area contributed by atoms with Gasteiger partial charge in [-0.3, -0.25) is 0 Å². The van der Waals surface area contributed by atoms with Crippen molar-refractivity contribution in [2.45, 2.75) is 58.2 Å². The first kappa shape index (κ1) is 12.5. The lowest BCUT2D eigenvalue weighted by atomic mass is 9.99. The van der Waals surface area contributed by atoms with Crippen molar-refractivity contribution in [3.05, 3.63) is 11.6 Å². The molecule has 1 unspecified atom stereocenters. The SMILES string of the molecule is CC1(c2nnc(CN)n2C(C)(C)C)CCCO1. The van der Waals surface area contributed by atoms with Gasteiger partial charge in [-0.2, -0.15) is 0 Å². The third kappa shape index (κ3) is 2.09. The van der Waals surface area contributed by atoms with Crippen LogP contribution in [0, 0.1) is 0 Å². The molecule has 0 aliphatic carbocycles. The van der Waals surface area contributed by atoms with Crippen LogP contribution < -0.4 is 5.73 Å². The van der Waals surface area contributed by atoms with Crippen LogP contribution in [0.3, 0.4) is 0 Å². The smallest absolute Gasteiger partial charge is 0.165 e. The van der Waals surface area contributed by atoms with Crippen molar-refractivity contribution >= 4 is 0 Å². The number of ether oxygens (including phenoxy) is 1. The van der Waals surface area contributed by atoms with Crippen LogP contribution in [0.5, 0.6) is 0 Å². The number of hydrogen-bond donors (Lipinski definition) is 1. The third-order valence-electron chi connectivity index (χ3n) is 3.28. The van der Waals surface area contributed by atoms with Crippen molar-refractivity contribution in [1.29, 1.82) is 0 Å². The average molecular weight is 238 g/mol. The molecule has 96 valence electrons. The highest BCUT2D eigenvalue weighted by atomic mass is 16.5. The fourth-order valence-corrected chi connectivity index (χ4v) is 2.45. The Morgan fingerprint density at radius 2 is 2.12 bits per heavy atom. The van der Waals surface area contributed by atoms with E-state index in [1.54, 1.807) is 0 Å². The number of nitrogens with two attached hydrogens (primary N) is 1. The van der Waals surface area contributed by atoms with E-state index in [9.17, 15) is 0 Å². The average Bonchev–Trinajstić information content (AvgIpc) is 2.82. The molecule has 0 saturated carbocycles. The van der Waals surface area contributed by atoms with Gasteiger partial charge in [0.15, 0.2) is 5.82 Å². The molecular formula is C12H22N4O. The minimum atomic E-state index is -0.312. The van der Waals surface area contributed by atoms with Crippen molar-refractivity contribution in [3.63, 3.8) is 0 Å². The van der Waals surface area contributed by atoms with E-state index in [0.29, 0.717) is 6.54 Å². The van der Waals surface area contributed by atoms with E-state index in [-0.39, 0.29) is 11.1 Å². The second kappa shape index (κ2) is 4.07. The summed E-state index contributed by atoms with van der Waals surface area (Å²) in [6.45, 7) is 9.70. The first-order valence-corrected chi connectivity index (χ1v) is 6.18. The molecule has 1 aromatic rings. The summed E-state index contributed by atoms with van der Waals surface area (Å²) in [6, 6.07) is 0. The summed E-state index contributed by atoms with van der Waals surface area (Å²) in [5.41, 5.74) is 5.35. The minimum absolute atomic E-state index is 0.0809. The highest BCUT2D eigenvalue weighted by Gasteiger charge is 2.39. The summed E-state index contributed by atoms with van der Waals surface area (Å²) in [5.74, 6) is 1.73. The summed E-state index contributed by atoms with van der Waals surface area (Å²) in [7, 11) is 0. The van der Waals surface area contributed by atoms with Gasteiger partial charge < -0.3 is 15.0 Å². The molecule has 2 N–H and O–H groups in total. The monoisotopic (exact) mass is 238 g/mol. The zero-order valence-electron chi connectivity index (χ0n) is 11.2. The maximum Gasteiger partial charge on any atom is 0.165 e. The molecule has 0 spiro atoms. The molecule has 0 radical (unpaired) electrons.